The molecule has 1 atom stereocenters. The minimum Gasteiger partial charge on any atom is -0.319 e. The van der Waals surface area contributed by atoms with Gasteiger partial charge in [-0.05, 0) is 26.0 Å². The summed E-state index contributed by atoms with van der Waals surface area (Å²) in [6.45, 7) is 3.33. The molecule has 1 amide bonds. The Labute approximate surface area is 121 Å². The first-order valence-corrected chi connectivity index (χ1v) is 6.66. The number of aromatic nitrogens is 2. The number of anilines is 1. The van der Waals surface area contributed by atoms with Gasteiger partial charge in [0.25, 0.3) is 5.56 Å². The lowest BCUT2D eigenvalue weighted by Gasteiger charge is -2.07. The van der Waals surface area contributed by atoms with Gasteiger partial charge in [-0.2, -0.15) is 0 Å². The normalized spacial score (nSPS) is 12.2. The summed E-state index contributed by atoms with van der Waals surface area (Å²) in [6, 6.07) is 9.24. The summed E-state index contributed by atoms with van der Waals surface area (Å²) in [5.41, 5.74) is 1.39. The van der Waals surface area contributed by atoms with Crippen molar-refractivity contribution in [1.29, 1.82) is 0 Å². The first-order valence-electron chi connectivity index (χ1n) is 6.22. The summed E-state index contributed by atoms with van der Waals surface area (Å²) >= 11 is 5.72. The molecule has 0 spiro atoms. The van der Waals surface area contributed by atoms with Crippen LogP contribution in [0.3, 0.4) is 0 Å². The number of hydrogen-bond donors (Lipinski definition) is 1. The molecule has 1 aromatic heterocycles. The van der Waals surface area contributed by atoms with E-state index in [9.17, 15) is 9.59 Å². The Morgan fingerprint density at radius 1 is 1.30 bits per heavy atom. The molecule has 1 N–H and O–H groups in total. The van der Waals surface area contributed by atoms with E-state index in [4.69, 9.17) is 11.6 Å². The molecule has 6 heteroatoms. The van der Waals surface area contributed by atoms with Crippen molar-refractivity contribution in [2.75, 3.05) is 5.32 Å². The molecule has 1 unspecified atom stereocenters. The zero-order valence-electron chi connectivity index (χ0n) is 11.6. The summed E-state index contributed by atoms with van der Waals surface area (Å²) in [5, 5.41) is 1.89. The molecule has 0 aliphatic rings. The molecule has 0 bridgehead atoms. The van der Waals surface area contributed by atoms with E-state index in [1.807, 2.05) is 30.3 Å². The van der Waals surface area contributed by atoms with Gasteiger partial charge in [-0.3, -0.25) is 14.3 Å². The van der Waals surface area contributed by atoms with E-state index in [0.29, 0.717) is 5.69 Å². The van der Waals surface area contributed by atoms with Crippen molar-refractivity contribution in [1.82, 2.24) is 9.36 Å². The van der Waals surface area contributed by atoms with Crippen molar-refractivity contribution in [2.45, 2.75) is 19.2 Å². The molecule has 0 saturated carbocycles. The number of amides is 1. The summed E-state index contributed by atoms with van der Waals surface area (Å²) in [7, 11) is 1.77. The second-order valence-electron chi connectivity index (χ2n) is 4.54. The van der Waals surface area contributed by atoms with Crippen LogP contribution in [-0.4, -0.2) is 20.6 Å². The lowest BCUT2D eigenvalue weighted by Crippen LogP contribution is -2.26. The fourth-order valence-corrected chi connectivity index (χ4v) is 1.99. The van der Waals surface area contributed by atoms with E-state index in [0.717, 1.165) is 5.69 Å². The number of nitrogens with one attached hydrogen (secondary N) is 1. The third-order valence-corrected chi connectivity index (χ3v) is 3.36. The summed E-state index contributed by atoms with van der Waals surface area (Å²) < 4.78 is 3.20. The van der Waals surface area contributed by atoms with Crippen LogP contribution >= 0.6 is 11.6 Å². The molecule has 0 aliphatic heterocycles. The Kier molecular flexibility index (Phi) is 3.99. The largest absolute Gasteiger partial charge is 0.319 e. The Hall–Kier alpha value is -2.01. The van der Waals surface area contributed by atoms with Crippen molar-refractivity contribution in [3.63, 3.8) is 0 Å². The summed E-state index contributed by atoms with van der Waals surface area (Å²) in [6.07, 6.45) is 0. The van der Waals surface area contributed by atoms with Crippen LogP contribution in [0, 0.1) is 6.92 Å². The van der Waals surface area contributed by atoms with Crippen LogP contribution in [0.15, 0.2) is 35.1 Å². The van der Waals surface area contributed by atoms with Gasteiger partial charge in [-0.15, -0.1) is 11.6 Å². The molecular weight excluding hydrogens is 278 g/mol. The highest BCUT2D eigenvalue weighted by atomic mass is 35.5. The van der Waals surface area contributed by atoms with Crippen molar-refractivity contribution >= 4 is 23.2 Å². The van der Waals surface area contributed by atoms with E-state index >= 15 is 0 Å². The van der Waals surface area contributed by atoms with Crippen LogP contribution in [0.2, 0.25) is 0 Å². The second-order valence-corrected chi connectivity index (χ2v) is 5.20. The number of rotatable bonds is 3. The van der Waals surface area contributed by atoms with E-state index in [2.05, 4.69) is 5.32 Å². The molecule has 0 radical (unpaired) electrons. The fraction of sp³-hybridized carbons (Fsp3) is 0.286. The molecule has 106 valence electrons. The van der Waals surface area contributed by atoms with E-state index in [-0.39, 0.29) is 11.2 Å². The fourth-order valence-electron chi connectivity index (χ4n) is 1.93. The monoisotopic (exact) mass is 293 g/mol. The number of carbonyl (C=O) groups is 1. The first-order chi connectivity index (χ1) is 9.43. The van der Waals surface area contributed by atoms with Crippen LogP contribution < -0.4 is 10.9 Å². The van der Waals surface area contributed by atoms with Crippen LogP contribution in [-0.2, 0) is 11.8 Å². The average Bonchev–Trinajstić information content (AvgIpc) is 2.63. The van der Waals surface area contributed by atoms with Crippen molar-refractivity contribution in [2.24, 2.45) is 7.05 Å². The minimum absolute atomic E-state index is 0.258. The molecule has 1 aromatic carbocycles. The maximum atomic E-state index is 12.5. The first kappa shape index (κ1) is 14.4. The molecular formula is C14H16ClN3O2. The van der Waals surface area contributed by atoms with E-state index in [1.165, 1.54) is 4.68 Å². The van der Waals surface area contributed by atoms with Crippen molar-refractivity contribution in [3.05, 3.63) is 46.4 Å². The third-order valence-electron chi connectivity index (χ3n) is 3.16. The lowest BCUT2D eigenvalue weighted by molar-refractivity contribution is -0.115. The van der Waals surface area contributed by atoms with Gasteiger partial charge in [-0.1, -0.05) is 18.2 Å². The van der Waals surface area contributed by atoms with Gasteiger partial charge in [0.05, 0.1) is 11.4 Å². The highest BCUT2D eigenvalue weighted by Gasteiger charge is 2.19. The van der Waals surface area contributed by atoms with Crippen molar-refractivity contribution in [3.8, 4) is 5.69 Å². The van der Waals surface area contributed by atoms with E-state index < -0.39 is 11.3 Å². The zero-order chi connectivity index (χ0) is 14.9. The third kappa shape index (κ3) is 2.49. The predicted molar refractivity (Wildman–Crippen MR) is 79.7 cm³/mol. The molecule has 0 saturated heterocycles. The highest BCUT2D eigenvalue weighted by molar-refractivity contribution is 6.32. The van der Waals surface area contributed by atoms with Gasteiger partial charge < -0.3 is 5.32 Å². The second kappa shape index (κ2) is 5.54. The van der Waals surface area contributed by atoms with Gasteiger partial charge in [0, 0.05) is 7.05 Å². The average molecular weight is 294 g/mol. The minimum atomic E-state index is -0.695. The van der Waals surface area contributed by atoms with E-state index in [1.54, 1.807) is 25.6 Å². The van der Waals surface area contributed by atoms with Gasteiger partial charge in [-0.25, -0.2) is 4.68 Å². The lowest BCUT2D eigenvalue weighted by atomic mass is 10.3. The standard InChI is InChI=1S/C14H16ClN3O2/c1-9(15)13(19)16-12-10(2)17(3)18(14(12)20)11-7-5-4-6-8-11/h4-9H,1-3H3,(H,16,19). The van der Waals surface area contributed by atoms with Crippen LogP contribution in [0.4, 0.5) is 5.69 Å². The van der Waals surface area contributed by atoms with Crippen LogP contribution in [0.5, 0.6) is 0 Å². The number of carbonyl (C=O) groups excluding carboxylic acids is 1. The zero-order valence-corrected chi connectivity index (χ0v) is 12.3. The van der Waals surface area contributed by atoms with Gasteiger partial charge >= 0.3 is 0 Å². The van der Waals surface area contributed by atoms with Crippen LogP contribution in [0.25, 0.3) is 5.69 Å². The molecule has 20 heavy (non-hydrogen) atoms. The molecule has 5 nitrogen and oxygen atoms in total. The summed E-state index contributed by atoms with van der Waals surface area (Å²) in [4.78, 5) is 24.1. The number of hydrogen-bond acceptors (Lipinski definition) is 2. The number of halogens is 1. The number of benzene rings is 1. The van der Waals surface area contributed by atoms with Crippen molar-refractivity contribution < 1.29 is 4.79 Å². The SMILES string of the molecule is Cc1c(NC(=O)C(C)Cl)c(=O)n(-c2ccccc2)n1C. The Bertz CT molecular complexity index is 686. The number of para-hydroxylation sites is 1. The topological polar surface area (TPSA) is 56.0 Å². The predicted octanol–water partition coefficient (Wildman–Crippen LogP) is 2.05. The van der Waals surface area contributed by atoms with Gasteiger partial charge in [0.15, 0.2) is 0 Å². The number of nitrogens with zero attached hydrogens (tertiary/aromatic N) is 2. The Morgan fingerprint density at radius 3 is 2.45 bits per heavy atom. The molecule has 0 aliphatic carbocycles. The molecule has 0 fully saturated rings. The summed E-state index contributed by atoms with van der Waals surface area (Å²) in [5.74, 6) is -0.391. The number of alkyl halides is 1. The molecule has 1 heterocycles. The maximum Gasteiger partial charge on any atom is 0.295 e. The highest BCUT2D eigenvalue weighted by Crippen LogP contribution is 2.14. The quantitative estimate of drug-likeness (QED) is 0.881. The Balaban J connectivity index is 2.53. The van der Waals surface area contributed by atoms with Gasteiger partial charge in [0.1, 0.15) is 11.1 Å². The maximum absolute atomic E-state index is 12.5. The molecule has 2 rings (SSSR count). The van der Waals surface area contributed by atoms with Crippen LogP contribution in [0.1, 0.15) is 12.6 Å². The Morgan fingerprint density at radius 2 is 1.90 bits per heavy atom. The van der Waals surface area contributed by atoms with Gasteiger partial charge in [0.2, 0.25) is 5.91 Å². The smallest absolute Gasteiger partial charge is 0.295 e. The molecule has 2 aromatic rings.